The van der Waals surface area contributed by atoms with Crippen LogP contribution < -0.4 is 4.74 Å². The molecule has 0 unspecified atom stereocenters. The Bertz CT molecular complexity index is 677. The molecule has 2 aromatic rings. The van der Waals surface area contributed by atoms with Gasteiger partial charge < -0.3 is 4.74 Å². The van der Waals surface area contributed by atoms with Crippen LogP contribution in [-0.4, -0.2) is 9.91 Å². The highest BCUT2D eigenvalue weighted by molar-refractivity contribution is 5.45. The molecule has 1 aromatic carbocycles. The molecule has 0 saturated heterocycles. The van der Waals surface area contributed by atoms with Crippen LogP contribution in [-0.2, 0) is 0 Å². The van der Waals surface area contributed by atoms with E-state index in [1.807, 2.05) is 6.07 Å². The Hall–Kier alpha value is -2.94. The maximum atomic E-state index is 10.7. The first-order chi connectivity index (χ1) is 9.10. The van der Waals surface area contributed by atoms with E-state index in [4.69, 9.17) is 10.00 Å². The summed E-state index contributed by atoms with van der Waals surface area (Å²) in [5.74, 6) is 0.706. The molecule has 0 saturated carbocycles. The summed E-state index contributed by atoms with van der Waals surface area (Å²) in [4.78, 5) is 14.2. The average molecular weight is 255 g/mol. The lowest BCUT2D eigenvalue weighted by molar-refractivity contribution is -0.385. The zero-order chi connectivity index (χ0) is 13.8. The summed E-state index contributed by atoms with van der Waals surface area (Å²) >= 11 is 0. The third-order valence-corrected chi connectivity index (χ3v) is 2.43. The van der Waals surface area contributed by atoms with Crippen molar-refractivity contribution in [3.63, 3.8) is 0 Å². The Morgan fingerprint density at radius 3 is 2.79 bits per heavy atom. The van der Waals surface area contributed by atoms with Crippen molar-refractivity contribution in [2.24, 2.45) is 0 Å². The lowest BCUT2D eigenvalue weighted by Gasteiger charge is -2.05. The van der Waals surface area contributed by atoms with E-state index in [0.29, 0.717) is 11.3 Å². The van der Waals surface area contributed by atoms with Gasteiger partial charge >= 0.3 is 0 Å². The quantitative estimate of drug-likeness (QED) is 0.621. The largest absolute Gasteiger partial charge is 0.439 e. The molecule has 0 aliphatic rings. The number of aromatic nitrogens is 1. The number of hydrogen-bond acceptors (Lipinski definition) is 5. The van der Waals surface area contributed by atoms with E-state index in [9.17, 15) is 10.1 Å². The summed E-state index contributed by atoms with van der Waals surface area (Å²) in [5, 5.41) is 19.4. The maximum Gasteiger partial charge on any atom is 0.272 e. The summed E-state index contributed by atoms with van der Waals surface area (Å²) in [5.41, 5.74) is 0.779. The minimum Gasteiger partial charge on any atom is -0.439 e. The zero-order valence-corrected chi connectivity index (χ0v) is 10.0. The highest BCUT2D eigenvalue weighted by atomic mass is 16.6. The van der Waals surface area contributed by atoms with Crippen LogP contribution >= 0.6 is 0 Å². The van der Waals surface area contributed by atoms with Gasteiger partial charge in [0.15, 0.2) is 0 Å². The molecule has 0 radical (unpaired) electrons. The van der Waals surface area contributed by atoms with Crippen LogP contribution in [0.4, 0.5) is 5.69 Å². The normalized spacial score (nSPS) is 9.68. The van der Waals surface area contributed by atoms with E-state index in [1.54, 1.807) is 31.2 Å². The lowest BCUT2D eigenvalue weighted by Crippen LogP contribution is -1.94. The number of rotatable bonds is 3. The van der Waals surface area contributed by atoms with Crippen molar-refractivity contribution in [1.82, 2.24) is 4.98 Å². The molecule has 0 aliphatic heterocycles. The number of pyridine rings is 1. The van der Waals surface area contributed by atoms with Gasteiger partial charge in [-0.15, -0.1) is 0 Å². The molecule has 6 heteroatoms. The third-order valence-electron chi connectivity index (χ3n) is 2.43. The van der Waals surface area contributed by atoms with Crippen LogP contribution in [0, 0.1) is 28.4 Å². The van der Waals surface area contributed by atoms with E-state index >= 15 is 0 Å². The molecule has 0 amide bonds. The number of ether oxygens (including phenoxy) is 1. The van der Waals surface area contributed by atoms with Gasteiger partial charge in [0.2, 0.25) is 5.88 Å². The number of nitrogens with zero attached hydrogens (tertiary/aromatic N) is 3. The Kier molecular flexibility index (Phi) is 3.39. The second kappa shape index (κ2) is 5.14. The van der Waals surface area contributed by atoms with Gasteiger partial charge in [0, 0.05) is 17.7 Å². The van der Waals surface area contributed by atoms with Crippen molar-refractivity contribution < 1.29 is 9.66 Å². The molecule has 0 atom stereocenters. The van der Waals surface area contributed by atoms with Crippen molar-refractivity contribution in [2.75, 3.05) is 0 Å². The minimum absolute atomic E-state index is 0.0334. The third kappa shape index (κ3) is 2.84. The fourth-order valence-corrected chi connectivity index (χ4v) is 1.55. The molecule has 0 N–H and O–H groups in total. The van der Waals surface area contributed by atoms with Gasteiger partial charge in [0.25, 0.3) is 5.69 Å². The predicted octanol–water partition coefficient (Wildman–Crippen LogP) is 2.96. The van der Waals surface area contributed by atoms with Crippen LogP contribution in [0.5, 0.6) is 11.6 Å². The fourth-order valence-electron chi connectivity index (χ4n) is 1.55. The van der Waals surface area contributed by atoms with E-state index < -0.39 is 4.92 Å². The van der Waals surface area contributed by atoms with Crippen LogP contribution in [0.25, 0.3) is 0 Å². The average Bonchev–Trinajstić information content (AvgIpc) is 2.38. The van der Waals surface area contributed by atoms with Gasteiger partial charge in [0.1, 0.15) is 17.5 Å². The van der Waals surface area contributed by atoms with Crippen molar-refractivity contribution in [3.8, 4) is 17.7 Å². The highest BCUT2D eigenvalue weighted by Crippen LogP contribution is 2.26. The van der Waals surface area contributed by atoms with Crippen molar-refractivity contribution in [1.29, 1.82) is 5.26 Å². The predicted molar refractivity (Wildman–Crippen MR) is 66.9 cm³/mol. The SMILES string of the molecule is Cc1cc(Oc2cccc(C#N)n2)ccc1[N+](=O)[O-]. The number of nitro benzene ring substituents is 1. The molecule has 0 bridgehead atoms. The molecule has 1 aromatic heterocycles. The number of nitro groups is 1. The summed E-state index contributed by atoms with van der Waals surface area (Å²) in [6.45, 7) is 1.63. The lowest BCUT2D eigenvalue weighted by atomic mass is 10.2. The van der Waals surface area contributed by atoms with E-state index in [0.717, 1.165) is 0 Å². The molecular formula is C13H9N3O3. The highest BCUT2D eigenvalue weighted by Gasteiger charge is 2.11. The van der Waals surface area contributed by atoms with E-state index in [1.165, 1.54) is 12.1 Å². The number of benzene rings is 1. The van der Waals surface area contributed by atoms with Gasteiger partial charge in [-0.3, -0.25) is 10.1 Å². The van der Waals surface area contributed by atoms with Gasteiger partial charge in [-0.2, -0.15) is 5.26 Å². The van der Waals surface area contributed by atoms with E-state index in [-0.39, 0.29) is 17.3 Å². The summed E-state index contributed by atoms with van der Waals surface area (Å²) in [7, 11) is 0. The first-order valence-corrected chi connectivity index (χ1v) is 5.40. The molecule has 6 nitrogen and oxygen atoms in total. The van der Waals surface area contributed by atoms with Gasteiger partial charge in [0.05, 0.1) is 4.92 Å². The van der Waals surface area contributed by atoms with Gasteiger partial charge in [-0.25, -0.2) is 4.98 Å². The minimum atomic E-state index is -0.451. The molecular weight excluding hydrogens is 246 g/mol. The number of hydrogen-bond donors (Lipinski definition) is 0. The van der Waals surface area contributed by atoms with Gasteiger partial charge in [-0.05, 0) is 25.1 Å². The molecule has 19 heavy (non-hydrogen) atoms. The van der Waals surface area contributed by atoms with Crippen molar-refractivity contribution >= 4 is 5.69 Å². The van der Waals surface area contributed by atoms with Gasteiger partial charge in [-0.1, -0.05) is 6.07 Å². The molecule has 2 rings (SSSR count). The van der Waals surface area contributed by atoms with Crippen molar-refractivity contribution in [3.05, 3.63) is 57.8 Å². The van der Waals surface area contributed by atoms with Crippen LogP contribution in [0.1, 0.15) is 11.3 Å². The molecule has 1 heterocycles. The maximum absolute atomic E-state index is 10.7. The van der Waals surface area contributed by atoms with Crippen LogP contribution in [0.2, 0.25) is 0 Å². The summed E-state index contributed by atoms with van der Waals surface area (Å²) in [6.07, 6.45) is 0. The summed E-state index contributed by atoms with van der Waals surface area (Å²) in [6, 6.07) is 11.2. The number of aryl methyl sites for hydroxylation is 1. The van der Waals surface area contributed by atoms with Crippen molar-refractivity contribution in [2.45, 2.75) is 6.92 Å². The molecule has 0 fully saturated rings. The first-order valence-electron chi connectivity index (χ1n) is 5.40. The Morgan fingerprint density at radius 2 is 2.16 bits per heavy atom. The standard InChI is InChI=1S/C13H9N3O3/c1-9-7-11(5-6-12(9)16(17)18)19-13-4-2-3-10(8-14)15-13/h2-7H,1H3. The Labute approximate surface area is 109 Å². The fraction of sp³-hybridized carbons (Fsp3) is 0.0769. The second-order valence-corrected chi connectivity index (χ2v) is 3.78. The molecule has 94 valence electrons. The molecule has 0 aliphatic carbocycles. The number of nitriles is 1. The van der Waals surface area contributed by atoms with Crippen LogP contribution in [0.3, 0.4) is 0 Å². The molecule has 0 spiro atoms. The Balaban J connectivity index is 2.26. The smallest absolute Gasteiger partial charge is 0.272 e. The zero-order valence-electron chi connectivity index (χ0n) is 10.0. The monoisotopic (exact) mass is 255 g/mol. The topological polar surface area (TPSA) is 89.0 Å². The first kappa shape index (κ1) is 12.5. The van der Waals surface area contributed by atoms with E-state index in [2.05, 4.69) is 4.98 Å². The van der Waals surface area contributed by atoms with Crippen LogP contribution in [0.15, 0.2) is 36.4 Å². The summed E-state index contributed by atoms with van der Waals surface area (Å²) < 4.78 is 5.45. The Morgan fingerprint density at radius 1 is 1.37 bits per heavy atom. The second-order valence-electron chi connectivity index (χ2n) is 3.78.